The van der Waals surface area contributed by atoms with Crippen LogP contribution in [0.25, 0.3) is 0 Å². The summed E-state index contributed by atoms with van der Waals surface area (Å²) in [5.74, 6) is 0.913. The van der Waals surface area contributed by atoms with Crippen LogP contribution >= 0.6 is 0 Å². The number of hydrogen-bond acceptors (Lipinski definition) is 2. The van der Waals surface area contributed by atoms with Gasteiger partial charge in [-0.15, -0.1) is 0 Å². The van der Waals surface area contributed by atoms with E-state index in [1.165, 1.54) is 5.56 Å². The number of nitrogens with zero attached hydrogens (tertiary/aromatic N) is 1. The molecule has 2 heterocycles. The molecule has 2 atom stereocenters. The van der Waals surface area contributed by atoms with Crippen LogP contribution in [0.5, 0.6) is 0 Å². The lowest BCUT2D eigenvalue weighted by atomic mass is 9.81. The van der Waals surface area contributed by atoms with E-state index in [0.29, 0.717) is 11.8 Å². The minimum Gasteiger partial charge on any atom is -0.342 e. The van der Waals surface area contributed by atoms with E-state index in [4.69, 9.17) is 0 Å². The molecule has 3 nitrogen and oxygen atoms in total. The number of rotatable bonds is 4. The lowest BCUT2D eigenvalue weighted by molar-refractivity contribution is -0.140. The maximum Gasteiger partial charge on any atom is 0.230 e. The Morgan fingerprint density at radius 1 is 1.38 bits per heavy atom. The van der Waals surface area contributed by atoms with Crippen molar-refractivity contribution in [1.82, 2.24) is 10.2 Å². The van der Waals surface area contributed by atoms with Gasteiger partial charge in [-0.3, -0.25) is 4.79 Å². The lowest BCUT2D eigenvalue weighted by Gasteiger charge is -2.31. The molecular weight excluding hydrogens is 260 g/mol. The van der Waals surface area contributed by atoms with Gasteiger partial charge in [-0.05, 0) is 31.4 Å². The molecule has 2 unspecified atom stereocenters. The van der Waals surface area contributed by atoms with E-state index in [9.17, 15) is 4.79 Å². The first kappa shape index (κ1) is 14.6. The van der Waals surface area contributed by atoms with Crippen molar-refractivity contribution in [2.45, 2.75) is 38.5 Å². The molecule has 3 rings (SSSR count). The van der Waals surface area contributed by atoms with Crippen LogP contribution in [0, 0.1) is 5.41 Å². The summed E-state index contributed by atoms with van der Waals surface area (Å²) in [5, 5.41) is 3.40. The highest BCUT2D eigenvalue weighted by atomic mass is 16.2. The molecule has 0 radical (unpaired) electrons. The zero-order valence-electron chi connectivity index (χ0n) is 13.0. The first-order chi connectivity index (χ1) is 10.2. The third-order valence-electron chi connectivity index (χ3n) is 5.17. The normalized spacial score (nSPS) is 29.0. The lowest BCUT2D eigenvalue weighted by Crippen LogP contribution is -2.44. The van der Waals surface area contributed by atoms with Crippen LogP contribution in [0.15, 0.2) is 30.3 Å². The van der Waals surface area contributed by atoms with Crippen LogP contribution in [0.3, 0.4) is 0 Å². The Hall–Kier alpha value is -1.35. The van der Waals surface area contributed by atoms with E-state index < -0.39 is 0 Å². The molecule has 2 saturated heterocycles. The highest BCUT2D eigenvalue weighted by Crippen LogP contribution is 2.36. The Morgan fingerprint density at radius 3 is 2.86 bits per heavy atom. The van der Waals surface area contributed by atoms with Crippen molar-refractivity contribution in [3.8, 4) is 0 Å². The highest BCUT2D eigenvalue weighted by molar-refractivity contribution is 5.83. The predicted molar refractivity (Wildman–Crippen MR) is 85.2 cm³/mol. The highest BCUT2D eigenvalue weighted by Gasteiger charge is 2.44. The average Bonchev–Trinajstić information content (AvgIpc) is 3.18. The third-order valence-corrected chi connectivity index (χ3v) is 5.17. The van der Waals surface area contributed by atoms with Gasteiger partial charge in [-0.2, -0.15) is 0 Å². The van der Waals surface area contributed by atoms with Crippen LogP contribution in [0.1, 0.15) is 44.1 Å². The number of hydrogen-bond donors (Lipinski definition) is 1. The third kappa shape index (κ3) is 2.84. The summed E-state index contributed by atoms with van der Waals surface area (Å²) in [7, 11) is 0. The van der Waals surface area contributed by atoms with E-state index in [1.54, 1.807) is 0 Å². The topological polar surface area (TPSA) is 32.3 Å². The first-order valence-corrected chi connectivity index (χ1v) is 8.30. The predicted octanol–water partition coefficient (Wildman–Crippen LogP) is 2.78. The monoisotopic (exact) mass is 286 g/mol. The second-order valence-corrected chi connectivity index (χ2v) is 6.60. The average molecular weight is 286 g/mol. The second-order valence-electron chi connectivity index (χ2n) is 6.60. The summed E-state index contributed by atoms with van der Waals surface area (Å²) in [6, 6.07) is 10.6. The number of carbonyl (C=O) groups excluding carboxylic acids is 1. The van der Waals surface area contributed by atoms with Gasteiger partial charge in [0.15, 0.2) is 0 Å². The molecular formula is C18H26N2O. The number of amides is 1. The maximum atomic E-state index is 13.0. The van der Waals surface area contributed by atoms with Crippen molar-refractivity contribution < 1.29 is 4.79 Å². The summed E-state index contributed by atoms with van der Waals surface area (Å²) >= 11 is 0. The molecule has 0 spiro atoms. The molecule has 2 aliphatic heterocycles. The fourth-order valence-corrected chi connectivity index (χ4v) is 4.00. The Morgan fingerprint density at radius 2 is 2.19 bits per heavy atom. The van der Waals surface area contributed by atoms with Crippen molar-refractivity contribution in [2.24, 2.45) is 5.41 Å². The van der Waals surface area contributed by atoms with E-state index in [0.717, 1.165) is 51.9 Å². The van der Waals surface area contributed by atoms with Crippen molar-refractivity contribution in [1.29, 1.82) is 0 Å². The van der Waals surface area contributed by atoms with Gasteiger partial charge >= 0.3 is 0 Å². The van der Waals surface area contributed by atoms with Crippen LogP contribution in [-0.2, 0) is 4.79 Å². The van der Waals surface area contributed by atoms with E-state index in [2.05, 4.69) is 47.5 Å². The van der Waals surface area contributed by atoms with Crippen LogP contribution in [-0.4, -0.2) is 37.0 Å². The van der Waals surface area contributed by atoms with Gasteiger partial charge in [0, 0.05) is 25.6 Å². The molecule has 1 amide bonds. The summed E-state index contributed by atoms with van der Waals surface area (Å²) in [6.45, 7) is 5.86. The zero-order valence-corrected chi connectivity index (χ0v) is 13.0. The van der Waals surface area contributed by atoms with Gasteiger partial charge in [0.1, 0.15) is 0 Å². The molecule has 2 fully saturated rings. The van der Waals surface area contributed by atoms with Crippen LogP contribution < -0.4 is 5.32 Å². The molecule has 2 aliphatic rings. The fraction of sp³-hybridized carbons (Fsp3) is 0.611. The van der Waals surface area contributed by atoms with Gasteiger partial charge in [0.2, 0.25) is 5.91 Å². The molecule has 114 valence electrons. The number of carbonyl (C=O) groups is 1. The van der Waals surface area contributed by atoms with Crippen molar-refractivity contribution in [3.05, 3.63) is 35.9 Å². The molecule has 0 bridgehead atoms. The molecule has 1 N–H and O–H groups in total. The van der Waals surface area contributed by atoms with Gasteiger partial charge < -0.3 is 10.2 Å². The minimum atomic E-state index is -0.125. The molecule has 3 heteroatoms. The minimum absolute atomic E-state index is 0.125. The molecule has 0 saturated carbocycles. The van der Waals surface area contributed by atoms with Crippen LogP contribution in [0.4, 0.5) is 0 Å². The Kier molecular flexibility index (Phi) is 4.29. The van der Waals surface area contributed by atoms with Crippen molar-refractivity contribution in [3.63, 3.8) is 0 Å². The summed E-state index contributed by atoms with van der Waals surface area (Å²) in [4.78, 5) is 15.1. The van der Waals surface area contributed by atoms with Crippen molar-refractivity contribution in [2.75, 3.05) is 26.2 Å². The first-order valence-electron chi connectivity index (χ1n) is 8.30. The van der Waals surface area contributed by atoms with E-state index in [1.807, 2.05) is 0 Å². The van der Waals surface area contributed by atoms with Crippen molar-refractivity contribution >= 4 is 5.91 Å². The molecule has 1 aromatic rings. The van der Waals surface area contributed by atoms with E-state index in [-0.39, 0.29) is 5.41 Å². The van der Waals surface area contributed by atoms with Gasteiger partial charge in [0.25, 0.3) is 0 Å². The smallest absolute Gasteiger partial charge is 0.230 e. The van der Waals surface area contributed by atoms with Crippen LogP contribution in [0.2, 0.25) is 0 Å². The van der Waals surface area contributed by atoms with Gasteiger partial charge in [-0.1, -0.05) is 43.7 Å². The second kappa shape index (κ2) is 6.18. The number of likely N-dealkylation sites (tertiary alicyclic amines) is 1. The number of nitrogens with one attached hydrogen (secondary N) is 1. The Bertz CT molecular complexity index is 479. The Labute approximate surface area is 127 Å². The Balaban J connectivity index is 1.69. The zero-order chi connectivity index (χ0) is 14.7. The molecule has 0 aromatic heterocycles. The summed E-state index contributed by atoms with van der Waals surface area (Å²) < 4.78 is 0. The molecule has 1 aromatic carbocycles. The van der Waals surface area contributed by atoms with Gasteiger partial charge in [-0.25, -0.2) is 0 Å². The fourth-order valence-electron chi connectivity index (χ4n) is 4.00. The summed E-state index contributed by atoms with van der Waals surface area (Å²) in [6.07, 6.45) is 4.21. The SMILES string of the molecule is CCCC1(C(=O)N2CCC(c3ccccc3)C2)CCNC1. The van der Waals surface area contributed by atoms with Gasteiger partial charge in [0.05, 0.1) is 5.41 Å². The van der Waals surface area contributed by atoms with E-state index >= 15 is 0 Å². The summed E-state index contributed by atoms with van der Waals surface area (Å²) in [5.41, 5.74) is 1.25. The maximum absolute atomic E-state index is 13.0. The molecule has 0 aliphatic carbocycles. The number of benzene rings is 1. The standard InChI is InChI=1S/C18H26N2O/c1-2-9-18(10-11-19-14-18)17(21)20-12-8-16(13-20)15-6-4-3-5-7-15/h3-7,16,19H,2,8-14H2,1H3. The molecule has 21 heavy (non-hydrogen) atoms. The quantitative estimate of drug-likeness (QED) is 0.923. The largest absolute Gasteiger partial charge is 0.342 e.